The highest BCUT2D eigenvalue weighted by Crippen LogP contribution is 2.55. The summed E-state index contributed by atoms with van der Waals surface area (Å²) in [6, 6.07) is 6.92. The standard InChI is InChI=1S/C18H16FN3O3/c1-24-13-7-12-10(6-11(13)8-20)2-5-21-17(12)25-9-14-18(3-4-18)15(19)16(23)22-14/h2,5-7,14-15H,3-4,9H2,1H3,(H,22,23)/t14-,15+/m0/s1. The molecule has 2 heterocycles. The van der Waals surface area contributed by atoms with E-state index in [0.717, 1.165) is 5.39 Å². The maximum absolute atomic E-state index is 14.0. The van der Waals surface area contributed by atoms with Gasteiger partial charge in [-0.2, -0.15) is 5.26 Å². The zero-order valence-corrected chi connectivity index (χ0v) is 13.6. The summed E-state index contributed by atoms with van der Waals surface area (Å²) in [5, 5.41) is 13.4. The number of carbonyl (C=O) groups is 1. The second-order valence-corrected chi connectivity index (χ2v) is 6.47. The summed E-state index contributed by atoms with van der Waals surface area (Å²) in [6.07, 6.45) is 1.50. The number of fused-ring (bicyclic) bond motifs is 1. The number of hydrogen-bond acceptors (Lipinski definition) is 5. The SMILES string of the molecule is COc1cc2c(OC[C@@H]3NC(=O)[C@@H](F)C34CC4)nccc2cc1C#N. The van der Waals surface area contributed by atoms with Gasteiger partial charge in [-0.1, -0.05) is 0 Å². The van der Waals surface area contributed by atoms with Crippen LogP contribution in [0, 0.1) is 16.7 Å². The van der Waals surface area contributed by atoms with Crippen molar-refractivity contribution in [3.63, 3.8) is 0 Å². The second-order valence-electron chi connectivity index (χ2n) is 6.47. The minimum atomic E-state index is -1.46. The number of rotatable bonds is 4. The number of nitrogens with one attached hydrogen (secondary N) is 1. The van der Waals surface area contributed by atoms with E-state index in [1.807, 2.05) is 0 Å². The number of benzene rings is 1. The summed E-state index contributed by atoms with van der Waals surface area (Å²) < 4.78 is 25.1. The first kappa shape index (κ1) is 15.6. The molecule has 2 atom stereocenters. The van der Waals surface area contributed by atoms with Crippen molar-refractivity contribution in [3.8, 4) is 17.7 Å². The molecule has 1 aliphatic heterocycles. The number of nitriles is 1. The molecule has 25 heavy (non-hydrogen) atoms. The predicted molar refractivity (Wildman–Crippen MR) is 87.0 cm³/mol. The monoisotopic (exact) mass is 341 g/mol. The number of pyridine rings is 1. The van der Waals surface area contributed by atoms with Gasteiger partial charge in [0, 0.05) is 17.0 Å². The molecule has 0 bridgehead atoms. The van der Waals surface area contributed by atoms with E-state index in [-0.39, 0.29) is 12.6 Å². The molecule has 1 aliphatic carbocycles. The fourth-order valence-corrected chi connectivity index (χ4v) is 3.49. The number of halogens is 1. The van der Waals surface area contributed by atoms with Crippen LogP contribution < -0.4 is 14.8 Å². The van der Waals surface area contributed by atoms with Crippen LogP contribution >= 0.6 is 0 Å². The topological polar surface area (TPSA) is 84.2 Å². The van der Waals surface area contributed by atoms with E-state index in [2.05, 4.69) is 16.4 Å². The third kappa shape index (κ3) is 2.37. The first-order valence-corrected chi connectivity index (χ1v) is 8.03. The van der Waals surface area contributed by atoms with Crippen LogP contribution in [-0.2, 0) is 4.79 Å². The van der Waals surface area contributed by atoms with Gasteiger partial charge in [-0.05, 0) is 36.4 Å². The summed E-state index contributed by atoms with van der Waals surface area (Å²) in [6.45, 7) is 0.153. The Morgan fingerprint density at radius 1 is 1.48 bits per heavy atom. The van der Waals surface area contributed by atoms with Gasteiger partial charge < -0.3 is 14.8 Å². The van der Waals surface area contributed by atoms with Crippen molar-refractivity contribution in [3.05, 3.63) is 30.0 Å². The maximum Gasteiger partial charge on any atom is 0.255 e. The van der Waals surface area contributed by atoms with Crippen LogP contribution in [0.5, 0.6) is 11.6 Å². The molecule has 1 aromatic heterocycles. The predicted octanol–water partition coefficient (Wildman–Crippen LogP) is 2.11. The lowest BCUT2D eigenvalue weighted by Crippen LogP contribution is -2.36. The number of carbonyl (C=O) groups excluding carboxylic acids is 1. The lowest BCUT2D eigenvalue weighted by molar-refractivity contribution is -0.124. The van der Waals surface area contributed by atoms with Gasteiger partial charge in [-0.15, -0.1) is 0 Å². The van der Waals surface area contributed by atoms with E-state index >= 15 is 0 Å². The summed E-state index contributed by atoms with van der Waals surface area (Å²) in [5.41, 5.74) is -0.194. The van der Waals surface area contributed by atoms with Crippen LogP contribution in [0.15, 0.2) is 24.4 Å². The molecule has 1 saturated heterocycles. The van der Waals surface area contributed by atoms with Crippen molar-refractivity contribution >= 4 is 16.7 Å². The average molecular weight is 341 g/mol. The maximum atomic E-state index is 14.0. The van der Waals surface area contributed by atoms with Crippen molar-refractivity contribution in [2.45, 2.75) is 25.1 Å². The largest absolute Gasteiger partial charge is 0.495 e. The summed E-state index contributed by atoms with van der Waals surface area (Å²) in [7, 11) is 1.49. The van der Waals surface area contributed by atoms with Crippen LogP contribution in [0.2, 0.25) is 0 Å². The van der Waals surface area contributed by atoms with Crippen molar-refractivity contribution < 1.29 is 18.7 Å². The van der Waals surface area contributed by atoms with E-state index in [1.54, 1.807) is 24.4 Å². The van der Waals surface area contributed by atoms with E-state index in [9.17, 15) is 14.4 Å². The van der Waals surface area contributed by atoms with Crippen LogP contribution in [-0.4, -0.2) is 36.8 Å². The molecule has 1 aromatic carbocycles. The van der Waals surface area contributed by atoms with Gasteiger partial charge in [0.25, 0.3) is 5.91 Å². The Kier molecular flexibility index (Phi) is 3.49. The summed E-state index contributed by atoms with van der Waals surface area (Å²) in [4.78, 5) is 15.9. The highest BCUT2D eigenvalue weighted by Gasteiger charge is 2.63. The molecule has 4 rings (SSSR count). The average Bonchev–Trinajstić information content (AvgIpc) is 3.40. The van der Waals surface area contributed by atoms with Crippen molar-refractivity contribution in [1.82, 2.24) is 10.3 Å². The Morgan fingerprint density at radius 3 is 2.96 bits per heavy atom. The zero-order chi connectivity index (χ0) is 17.6. The number of alkyl halides is 1. The lowest BCUT2D eigenvalue weighted by atomic mass is 9.96. The molecular weight excluding hydrogens is 325 g/mol. The molecule has 128 valence electrons. The minimum absolute atomic E-state index is 0.153. The fraction of sp³-hybridized carbons (Fsp3) is 0.389. The smallest absolute Gasteiger partial charge is 0.255 e. The van der Waals surface area contributed by atoms with Crippen molar-refractivity contribution in [2.24, 2.45) is 5.41 Å². The van der Waals surface area contributed by atoms with Gasteiger partial charge in [0.15, 0.2) is 6.17 Å². The molecule has 1 spiro atoms. The quantitative estimate of drug-likeness (QED) is 0.921. The Labute approximate surface area is 143 Å². The van der Waals surface area contributed by atoms with E-state index in [4.69, 9.17) is 9.47 Å². The number of ether oxygens (including phenoxy) is 2. The molecule has 2 aromatic rings. The number of aromatic nitrogens is 1. The first-order valence-electron chi connectivity index (χ1n) is 8.03. The molecule has 2 fully saturated rings. The third-order valence-corrected chi connectivity index (χ3v) is 5.13. The van der Waals surface area contributed by atoms with E-state index in [0.29, 0.717) is 35.4 Å². The second kappa shape index (κ2) is 5.59. The summed E-state index contributed by atoms with van der Waals surface area (Å²) in [5.74, 6) is 0.245. The molecule has 1 amide bonds. The first-order chi connectivity index (χ1) is 12.1. The van der Waals surface area contributed by atoms with Gasteiger partial charge in [0.05, 0.1) is 18.7 Å². The van der Waals surface area contributed by atoms with Crippen LogP contribution in [0.4, 0.5) is 4.39 Å². The van der Waals surface area contributed by atoms with Gasteiger partial charge >= 0.3 is 0 Å². The van der Waals surface area contributed by atoms with Gasteiger partial charge in [0.1, 0.15) is 18.4 Å². The molecule has 0 unspecified atom stereocenters. The van der Waals surface area contributed by atoms with Crippen molar-refractivity contribution in [1.29, 1.82) is 5.26 Å². The Hall–Kier alpha value is -2.88. The van der Waals surface area contributed by atoms with Crippen molar-refractivity contribution in [2.75, 3.05) is 13.7 Å². The highest BCUT2D eigenvalue weighted by atomic mass is 19.1. The van der Waals surface area contributed by atoms with E-state index in [1.165, 1.54) is 7.11 Å². The molecule has 1 N–H and O–H groups in total. The van der Waals surface area contributed by atoms with Crippen LogP contribution in [0.3, 0.4) is 0 Å². The Balaban J connectivity index is 1.62. The molecule has 0 radical (unpaired) electrons. The molecule has 7 heteroatoms. The van der Waals surface area contributed by atoms with Crippen LogP contribution in [0.1, 0.15) is 18.4 Å². The number of methoxy groups -OCH3 is 1. The van der Waals surface area contributed by atoms with Crippen LogP contribution in [0.25, 0.3) is 10.8 Å². The summed E-state index contributed by atoms with van der Waals surface area (Å²) >= 11 is 0. The fourth-order valence-electron chi connectivity index (χ4n) is 3.49. The number of nitrogens with zero attached hydrogens (tertiary/aromatic N) is 2. The van der Waals surface area contributed by atoms with Gasteiger partial charge in [0.2, 0.25) is 5.88 Å². The number of amides is 1. The molecular formula is C18H16FN3O3. The van der Waals surface area contributed by atoms with E-state index < -0.39 is 17.5 Å². The van der Waals surface area contributed by atoms with Gasteiger partial charge in [-0.25, -0.2) is 9.37 Å². The lowest BCUT2D eigenvalue weighted by Gasteiger charge is -2.19. The van der Waals surface area contributed by atoms with Gasteiger partial charge in [-0.3, -0.25) is 4.79 Å². The molecule has 2 aliphatic rings. The zero-order valence-electron chi connectivity index (χ0n) is 13.6. The molecule has 1 saturated carbocycles. The highest BCUT2D eigenvalue weighted by molar-refractivity contribution is 5.89. The minimum Gasteiger partial charge on any atom is -0.495 e. The Morgan fingerprint density at radius 2 is 2.28 bits per heavy atom. The number of hydrogen-bond donors (Lipinski definition) is 1. The Bertz CT molecular complexity index is 904. The normalized spacial score (nSPS) is 23.3. The molecule has 6 nitrogen and oxygen atoms in total. The third-order valence-electron chi connectivity index (χ3n) is 5.13.